The highest BCUT2D eigenvalue weighted by molar-refractivity contribution is 5.94. The summed E-state index contributed by atoms with van der Waals surface area (Å²) in [6.07, 6.45) is 1.55. The van der Waals surface area contributed by atoms with E-state index in [1.165, 1.54) is 17.8 Å². The van der Waals surface area contributed by atoms with Crippen LogP contribution in [-0.4, -0.2) is 25.3 Å². The van der Waals surface area contributed by atoms with E-state index in [1.807, 2.05) is 0 Å². The lowest BCUT2D eigenvalue weighted by atomic mass is 10.2. The monoisotopic (exact) mass is 234 g/mol. The van der Waals surface area contributed by atoms with Crippen molar-refractivity contribution in [1.29, 1.82) is 0 Å². The normalized spacial score (nSPS) is 10.7. The van der Waals surface area contributed by atoms with E-state index in [9.17, 15) is 14.4 Å². The van der Waals surface area contributed by atoms with Gasteiger partial charge < -0.3 is 0 Å². The predicted molar refractivity (Wildman–Crippen MR) is 60.0 cm³/mol. The highest BCUT2D eigenvalue weighted by atomic mass is 16.2. The van der Waals surface area contributed by atoms with Crippen LogP contribution < -0.4 is 11.2 Å². The highest BCUT2D eigenvalue weighted by Gasteiger charge is 2.11. The maximum atomic E-state index is 11.5. The first-order valence-electron chi connectivity index (χ1n) is 5.04. The van der Waals surface area contributed by atoms with Gasteiger partial charge in [0, 0.05) is 13.5 Å². The Balaban J connectivity index is 2.84. The Morgan fingerprint density at radius 3 is 2.82 bits per heavy atom. The largest absolute Gasteiger partial charge is 0.329 e. The summed E-state index contributed by atoms with van der Waals surface area (Å²) in [5.74, 6) is -0.201. The quantitative estimate of drug-likeness (QED) is 0.713. The maximum absolute atomic E-state index is 11.5. The Bertz CT molecular complexity index is 714. The van der Waals surface area contributed by atoms with Gasteiger partial charge in [-0.05, 0) is 0 Å². The number of nitrogens with one attached hydrogen (secondary N) is 1. The average Bonchev–Trinajstić information content (AvgIpc) is 2.34. The summed E-state index contributed by atoms with van der Waals surface area (Å²) in [5, 5.41) is 0. The lowest BCUT2D eigenvalue weighted by Crippen LogP contribution is -2.29. The van der Waals surface area contributed by atoms with Crippen LogP contribution in [0.15, 0.2) is 15.8 Å². The molecule has 0 saturated heterocycles. The van der Waals surface area contributed by atoms with Crippen LogP contribution in [0.3, 0.4) is 0 Å². The van der Waals surface area contributed by atoms with Crippen molar-refractivity contribution in [3.05, 3.63) is 32.7 Å². The Hall–Kier alpha value is -2.31. The minimum atomic E-state index is -0.638. The third-order valence-electron chi connectivity index (χ3n) is 2.42. The molecule has 0 saturated carbocycles. The smallest absolute Gasteiger partial charge is 0.292 e. The standard InChI is InChI=1S/C10H10N4O3/c1-3-6(15)5-4-11-8-7(12-5)9(16)13-10(17)14(8)2/h4H,3H2,1-2H3,(H,13,16,17). The topological polar surface area (TPSA) is 97.7 Å². The van der Waals surface area contributed by atoms with Gasteiger partial charge in [-0.1, -0.05) is 6.92 Å². The van der Waals surface area contributed by atoms with Gasteiger partial charge in [-0.3, -0.25) is 19.1 Å². The first-order valence-corrected chi connectivity index (χ1v) is 5.04. The SMILES string of the molecule is CCC(=O)c1cnc2c(n1)c(=O)[nH]c(=O)n2C. The molecule has 0 aliphatic heterocycles. The van der Waals surface area contributed by atoms with Crippen molar-refractivity contribution in [2.75, 3.05) is 0 Å². The van der Waals surface area contributed by atoms with E-state index in [1.54, 1.807) is 6.92 Å². The maximum Gasteiger partial charge on any atom is 0.329 e. The molecule has 0 fully saturated rings. The summed E-state index contributed by atoms with van der Waals surface area (Å²) in [6, 6.07) is 0. The fraction of sp³-hybridized carbons (Fsp3) is 0.300. The molecule has 0 aliphatic carbocycles. The molecule has 0 amide bonds. The number of Topliss-reactive ketones (excluding diaryl/α,β-unsaturated/α-hetero) is 1. The van der Waals surface area contributed by atoms with Gasteiger partial charge in [0.05, 0.1) is 6.20 Å². The van der Waals surface area contributed by atoms with E-state index < -0.39 is 11.2 Å². The predicted octanol–water partition coefficient (Wildman–Crippen LogP) is -0.391. The summed E-state index contributed by atoms with van der Waals surface area (Å²) in [5.41, 5.74) is -0.922. The molecule has 7 nitrogen and oxygen atoms in total. The number of rotatable bonds is 2. The Kier molecular flexibility index (Phi) is 2.58. The van der Waals surface area contributed by atoms with E-state index >= 15 is 0 Å². The summed E-state index contributed by atoms with van der Waals surface area (Å²) < 4.78 is 1.17. The van der Waals surface area contributed by atoms with Crippen LogP contribution in [-0.2, 0) is 7.05 Å². The van der Waals surface area contributed by atoms with Crippen LogP contribution >= 0.6 is 0 Å². The van der Waals surface area contributed by atoms with Crippen LogP contribution in [0.5, 0.6) is 0 Å². The van der Waals surface area contributed by atoms with Crippen LogP contribution in [0.25, 0.3) is 11.2 Å². The molecule has 0 aromatic carbocycles. The summed E-state index contributed by atoms with van der Waals surface area (Å²) in [4.78, 5) is 44.2. The van der Waals surface area contributed by atoms with Crippen LogP contribution in [0, 0.1) is 0 Å². The summed E-state index contributed by atoms with van der Waals surface area (Å²) in [6.45, 7) is 1.69. The Morgan fingerprint density at radius 1 is 1.47 bits per heavy atom. The van der Waals surface area contributed by atoms with Gasteiger partial charge >= 0.3 is 5.69 Å². The molecule has 17 heavy (non-hydrogen) atoms. The van der Waals surface area contributed by atoms with E-state index in [-0.39, 0.29) is 29.1 Å². The second-order valence-electron chi connectivity index (χ2n) is 3.52. The molecule has 2 aromatic rings. The minimum Gasteiger partial charge on any atom is -0.292 e. The first kappa shape index (κ1) is 11.2. The average molecular weight is 234 g/mol. The second kappa shape index (κ2) is 3.93. The number of hydrogen-bond donors (Lipinski definition) is 1. The number of H-pyrrole nitrogens is 1. The van der Waals surface area contributed by atoms with Gasteiger partial charge in [0.2, 0.25) is 0 Å². The zero-order valence-corrected chi connectivity index (χ0v) is 9.35. The van der Waals surface area contributed by atoms with Crippen LogP contribution in [0.2, 0.25) is 0 Å². The number of fused-ring (bicyclic) bond motifs is 1. The molecule has 0 atom stereocenters. The van der Waals surface area contributed by atoms with Crippen LogP contribution in [0.1, 0.15) is 23.8 Å². The number of carbonyl (C=O) groups is 1. The Morgan fingerprint density at radius 2 is 2.18 bits per heavy atom. The van der Waals surface area contributed by atoms with E-state index in [2.05, 4.69) is 15.0 Å². The van der Waals surface area contributed by atoms with Crippen molar-refractivity contribution in [1.82, 2.24) is 19.5 Å². The molecular weight excluding hydrogens is 224 g/mol. The van der Waals surface area contributed by atoms with E-state index in [0.29, 0.717) is 0 Å². The summed E-state index contributed by atoms with van der Waals surface area (Å²) >= 11 is 0. The molecule has 0 spiro atoms. The lowest BCUT2D eigenvalue weighted by molar-refractivity contribution is 0.0983. The molecule has 0 unspecified atom stereocenters. The zero-order chi connectivity index (χ0) is 12.6. The fourth-order valence-electron chi connectivity index (χ4n) is 1.43. The van der Waals surface area contributed by atoms with Crippen molar-refractivity contribution >= 4 is 16.9 Å². The lowest BCUT2D eigenvalue weighted by Gasteiger charge is -2.02. The van der Waals surface area contributed by atoms with Crippen molar-refractivity contribution in [3.8, 4) is 0 Å². The number of nitrogens with zero attached hydrogens (tertiary/aromatic N) is 3. The molecule has 2 rings (SSSR count). The third kappa shape index (κ3) is 1.75. The van der Waals surface area contributed by atoms with Crippen molar-refractivity contribution in [3.63, 3.8) is 0 Å². The van der Waals surface area contributed by atoms with Gasteiger partial charge in [-0.15, -0.1) is 0 Å². The molecule has 0 aliphatic rings. The number of carbonyl (C=O) groups excluding carboxylic acids is 1. The van der Waals surface area contributed by atoms with Crippen molar-refractivity contribution < 1.29 is 4.79 Å². The first-order chi connectivity index (χ1) is 8.04. The zero-order valence-electron chi connectivity index (χ0n) is 9.35. The van der Waals surface area contributed by atoms with Crippen LogP contribution in [0.4, 0.5) is 0 Å². The molecular formula is C10H10N4O3. The molecule has 88 valence electrons. The van der Waals surface area contributed by atoms with Gasteiger partial charge in [0.1, 0.15) is 5.69 Å². The number of aromatic nitrogens is 4. The van der Waals surface area contributed by atoms with Crippen molar-refractivity contribution in [2.24, 2.45) is 7.05 Å². The van der Waals surface area contributed by atoms with Gasteiger partial charge in [-0.25, -0.2) is 14.8 Å². The number of aromatic amines is 1. The van der Waals surface area contributed by atoms with E-state index in [4.69, 9.17) is 0 Å². The fourth-order valence-corrected chi connectivity index (χ4v) is 1.43. The molecule has 1 N–H and O–H groups in total. The molecule has 0 radical (unpaired) electrons. The second-order valence-corrected chi connectivity index (χ2v) is 3.52. The van der Waals surface area contributed by atoms with Crippen molar-refractivity contribution in [2.45, 2.75) is 13.3 Å². The summed E-state index contributed by atoms with van der Waals surface area (Å²) in [7, 11) is 1.47. The number of ketones is 1. The van der Waals surface area contributed by atoms with Gasteiger partial charge in [-0.2, -0.15) is 0 Å². The third-order valence-corrected chi connectivity index (χ3v) is 2.42. The molecule has 0 bridgehead atoms. The van der Waals surface area contributed by atoms with E-state index in [0.717, 1.165) is 0 Å². The number of hydrogen-bond acceptors (Lipinski definition) is 5. The van der Waals surface area contributed by atoms with Gasteiger partial charge in [0.15, 0.2) is 16.9 Å². The molecule has 2 aromatic heterocycles. The molecule has 7 heteroatoms. The molecule has 2 heterocycles. The highest BCUT2D eigenvalue weighted by Crippen LogP contribution is 2.03. The Labute approximate surface area is 95.1 Å². The number of aryl methyl sites for hydroxylation is 1. The minimum absolute atomic E-state index is 0.00796. The van der Waals surface area contributed by atoms with Gasteiger partial charge in [0.25, 0.3) is 5.56 Å².